The summed E-state index contributed by atoms with van der Waals surface area (Å²) in [5.74, 6) is -0.388. The quantitative estimate of drug-likeness (QED) is 0.879. The average molecular weight is 274 g/mol. The molecular formula is C15H18N2OS. The molecule has 1 heterocycles. The summed E-state index contributed by atoms with van der Waals surface area (Å²) in [5, 5.41) is 7.73. The van der Waals surface area contributed by atoms with Gasteiger partial charge >= 0.3 is 0 Å². The Hall–Kier alpha value is -1.81. The van der Waals surface area contributed by atoms with E-state index < -0.39 is 0 Å². The number of nitrogens with two attached hydrogens (primary N) is 1. The van der Waals surface area contributed by atoms with Crippen molar-refractivity contribution in [1.82, 2.24) is 0 Å². The molecule has 0 fully saturated rings. The van der Waals surface area contributed by atoms with Gasteiger partial charge in [0.25, 0.3) is 0 Å². The number of amides is 1. The van der Waals surface area contributed by atoms with E-state index in [0.717, 1.165) is 17.7 Å². The second kappa shape index (κ2) is 5.89. The molecule has 2 rings (SSSR count). The van der Waals surface area contributed by atoms with Gasteiger partial charge in [-0.3, -0.25) is 4.79 Å². The minimum Gasteiger partial charge on any atom is -0.382 e. The third-order valence-corrected chi connectivity index (χ3v) is 3.77. The summed E-state index contributed by atoms with van der Waals surface area (Å²) in [6.07, 6.45) is 0.987. The van der Waals surface area contributed by atoms with Crippen LogP contribution in [0.3, 0.4) is 0 Å². The van der Waals surface area contributed by atoms with Crippen LogP contribution in [0.1, 0.15) is 28.4 Å². The second-order valence-electron chi connectivity index (χ2n) is 4.78. The van der Waals surface area contributed by atoms with Gasteiger partial charge < -0.3 is 11.1 Å². The van der Waals surface area contributed by atoms with E-state index in [2.05, 4.69) is 29.1 Å². The van der Waals surface area contributed by atoms with Gasteiger partial charge in [-0.15, -0.1) is 0 Å². The zero-order chi connectivity index (χ0) is 13.8. The summed E-state index contributed by atoms with van der Waals surface area (Å²) in [6, 6.07) is 7.98. The lowest BCUT2D eigenvalue weighted by Gasteiger charge is -2.17. The fourth-order valence-electron chi connectivity index (χ4n) is 2.06. The lowest BCUT2D eigenvalue weighted by Crippen LogP contribution is -2.19. The Labute approximate surface area is 117 Å². The van der Waals surface area contributed by atoms with Crippen LogP contribution >= 0.6 is 11.3 Å². The monoisotopic (exact) mass is 274 g/mol. The molecule has 2 aromatic rings. The van der Waals surface area contributed by atoms with Crippen LogP contribution < -0.4 is 11.1 Å². The number of hydrogen-bond acceptors (Lipinski definition) is 3. The molecule has 0 aliphatic rings. The molecule has 1 unspecified atom stereocenters. The molecule has 1 atom stereocenters. The summed E-state index contributed by atoms with van der Waals surface area (Å²) in [5.41, 5.74) is 9.24. The van der Waals surface area contributed by atoms with Crippen molar-refractivity contribution < 1.29 is 4.79 Å². The minimum absolute atomic E-state index is 0.340. The predicted molar refractivity (Wildman–Crippen MR) is 80.8 cm³/mol. The number of anilines is 1. The first-order chi connectivity index (χ1) is 9.06. The van der Waals surface area contributed by atoms with E-state index in [9.17, 15) is 4.79 Å². The van der Waals surface area contributed by atoms with Crippen molar-refractivity contribution >= 4 is 22.9 Å². The van der Waals surface area contributed by atoms with Gasteiger partial charge in [0.2, 0.25) is 5.91 Å². The summed E-state index contributed by atoms with van der Waals surface area (Å²) in [7, 11) is 0. The maximum atomic E-state index is 11.1. The summed E-state index contributed by atoms with van der Waals surface area (Å²) >= 11 is 1.72. The Morgan fingerprint density at radius 3 is 2.79 bits per heavy atom. The van der Waals surface area contributed by atoms with Gasteiger partial charge in [-0.25, -0.2) is 0 Å². The number of aryl methyl sites for hydroxylation is 1. The summed E-state index contributed by atoms with van der Waals surface area (Å²) in [6.45, 7) is 4.13. The summed E-state index contributed by atoms with van der Waals surface area (Å²) in [4.78, 5) is 11.1. The predicted octanol–water partition coefficient (Wildman–Crippen LogP) is 3.20. The second-order valence-corrected chi connectivity index (χ2v) is 5.56. The molecule has 1 aromatic heterocycles. The molecular weight excluding hydrogens is 256 g/mol. The highest BCUT2D eigenvalue weighted by Crippen LogP contribution is 2.19. The van der Waals surface area contributed by atoms with Crippen LogP contribution in [0.5, 0.6) is 0 Å². The normalized spacial score (nSPS) is 12.1. The van der Waals surface area contributed by atoms with E-state index in [1.165, 1.54) is 5.56 Å². The average Bonchev–Trinajstić information content (AvgIpc) is 2.84. The first kappa shape index (κ1) is 13.6. The lowest BCUT2D eigenvalue weighted by molar-refractivity contribution is 0.1000. The van der Waals surface area contributed by atoms with Crippen LogP contribution in [0.2, 0.25) is 0 Å². The van der Waals surface area contributed by atoms with Gasteiger partial charge in [0.05, 0.1) is 0 Å². The topological polar surface area (TPSA) is 55.1 Å². The Balaban J connectivity index is 2.04. The minimum atomic E-state index is -0.388. The summed E-state index contributed by atoms with van der Waals surface area (Å²) < 4.78 is 0. The van der Waals surface area contributed by atoms with Crippen molar-refractivity contribution in [3.05, 3.63) is 51.7 Å². The SMILES string of the molecule is Cc1cc(C(N)=O)ccc1NC(C)Cc1ccsc1. The van der Waals surface area contributed by atoms with Crippen molar-refractivity contribution in [3.8, 4) is 0 Å². The molecule has 1 aromatic carbocycles. The van der Waals surface area contributed by atoms with Crippen molar-refractivity contribution in [1.29, 1.82) is 0 Å². The molecule has 0 bridgehead atoms. The van der Waals surface area contributed by atoms with Crippen molar-refractivity contribution in [2.24, 2.45) is 5.73 Å². The number of hydrogen-bond donors (Lipinski definition) is 2. The van der Waals surface area contributed by atoms with E-state index in [1.807, 2.05) is 19.1 Å². The molecule has 3 nitrogen and oxygen atoms in total. The molecule has 4 heteroatoms. The number of primary amides is 1. The van der Waals surface area contributed by atoms with Crippen LogP contribution in [0, 0.1) is 6.92 Å². The van der Waals surface area contributed by atoms with Crippen molar-refractivity contribution in [2.75, 3.05) is 5.32 Å². The zero-order valence-electron chi connectivity index (χ0n) is 11.1. The molecule has 0 aliphatic heterocycles. The number of rotatable bonds is 5. The third kappa shape index (κ3) is 3.58. The molecule has 0 saturated carbocycles. The molecule has 0 radical (unpaired) electrons. The third-order valence-electron chi connectivity index (χ3n) is 3.03. The molecule has 19 heavy (non-hydrogen) atoms. The molecule has 0 spiro atoms. The maximum absolute atomic E-state index is 11.1. The number of thiophene rings is 1. The van der Waals surface area contributed by atoms with Gasteiger partial charge in [0.15, 0.2) is 0 Å². The largest absolute Gasteiger partial charge is 0.382 e. The van der Waals surface area contributed by atoms with Crippen molar-refractivity contribution in [3.63, 3.8) is 0 Å². The molecule has 0 saturated heterocycles. The van der Waals surface area contributed by atoms with E-state index >= 15 is 0 Å². The van der Waals surface area contributed by atoms with E-state index in [4.69, 9.17) is 5.73 Å². The van der Waals surface area contributed by atoms with Crippen LogP contribution in [0.25, 0.3) is 0 Å². The fraction of sp³-hybridized carbons (Fsp3) is 0.267. The van der Waals surface area contributed by atoms with Gasteiger partial charge in [-0.1, -0.05) is 0 Å². The highest BCUT2D eigenvalue weighted by molar-refractivity contribution is 7.07. The van der Waals surface area contributed by atoms with E-state index in [0.29, 0.717) is 11.6 Å². The Bertz CT molecular complexity index is 564. The fourth-order valence-corrected chi connectivity index (χ4v) is 2.74. The van der Waals surface area contributed by atoms with Gasteiger partial charge in [-0.2, -0.15) is 11.3 Å². The molecule has 100 valence electrons. The number of carbonyl (C=O) groups excluding carboxylic acids is 1. The Morgan fingerprint density at radius 1 is 1.42 bits per heavy atom. The standard InChI is InChI=1S/C15H18N2OS/c1-10-7-13(15(16)18)3-4-14(10)17-11(2)8-12-5-6-19-9-12/h3-7,9,11,17H,8H2,1-2H3,(H2,16,18). The first-order valence-electron chi connectivity index (χ1n) is 6.24. The van der Waals surface area contributed by atoms with E-state index in [-0.39, 0.29) is 5.91 Å². The van der Waals surface area contributed by atoms with Crippen LogP contribution in [-0.2, 0) is 6.42 Å². The first-order valence-corrected chi connectivity index (χ1v) is 7.18. The highest BCUT2D eigenvalue weighted by Gasteiger charge is 2.08. The Kier molecular flexibility index (Phi) is 4.22. The number of benzene rings is 1. The zero-order valence-corrected chi connectivity index (χ0v) is 12.0. The highest BCUT2D eigenvalue weighted by atomic mass is 32.1. The molecule has 1 amide bonds. The van der Waals surface area contributed by atoms with E-state index in [1.54, 1.807) is 17.4 Å². The van der Waals surface area contributed by atoms with Gasteiger partial charge in [-0.05, 0) is 66.4 Å². The van der Waals surface area contributed by atoms with Gasteiger partial charge in [0, 0.05) is 17.3 Å². The number of carbonyl (C=O) groups is 1. The molecule has 3 N–H and O–H groups in total. The maximum Gasteiger partial charge on any atom is 0.248 e. The Morgan fingerprint density at radius 2 is 2.21 bits per heavy atom. The number of nitrogens with one attached hydrogen (secondary N) is 1. The lowest BCUT2D eigenvalue weighted by atomic mass is 10.1. The van der Waals surface area contributed by atoms with Crippen molar-refractivity contribution in [2.45, 2.75) is 26.3 Å². The van der Waals surface area contributed by atoms with Crippen LogP contribution in [0.15, 0.2) is 35.0 Å². The smallest absolute Gasteiger partial charge is 0.248 e. The van der Waals surface area contributed by atoms with Gasteiger partial charge in [0.1, 0.15) is 0 Å². The molecule has 0 aliphatic carbocycles. The van der Waals surface area contributed by atoms with Crippen LogP contribution in [0.4, 0.5) is 5.69 Å². The van der Waals surface area contributed by atoms with Crippen LogP contribution in [-0.4, -0.2) is 11.9 Å².